The van der Waals surface area contributed by atoms with Gasteiger partial charge in [0.05, 0.1) is 5.69 Å². The number of benzene rings is 1. The third kappa shape index (κ3) is 2.29. The third-order valence-electron chi connectivity index (χ3n) is 2.97. The maximum atomic E-state index is 5.56. The lowest BCUT2D eigenvalue weighted by Crippen LogP contribution is -2.36. The Hall–Kier alpha value is -0.670. The van der Waals surface area contributed by atoms with E-state index >= 15 is 0 Å². The molecule has 0 fully saturated rings. The molecular weight excluding hydrogens is 204 g/mol. The first-order valence-electron chi connectivity index (χ1n) is 5.47. The Balaban J connectivity index is 2.11. The number of thioether (sulfide) groups is 1. The number of nitrogens with two attached hydrogens (primary N) is 1. The molecule has 0 aliphatic carbocycles. The molecule has 1 heterocycles. The average molecular weight is 222 g/mol. The van der Waals surface area contributed by atoms with Crippen molar-refractivity contribution >= 4 is 17.4 Å². The third-order valence-corrected chi connectivity index (χ3v) is 4.17. The van der Waals surface area contributed by atoms with E-state index in [-0.39, 0.29) is 0 Å². The molecule has 15 heavy (non-hydrogen) atoms. The highest BCUT2D eigenvalue weighted by molar-refractivity contribution is 7.99. The van der Waals surface area contributed by atoms with E-state index in [0.29, 0.717) is 6.04 Å². The minimum absolute atomic E-state index is 0.647. The molecular formula is C12H18N2S. The number of para-hydroxylation sites is 1. The first-order chi connectivity index (χ1) is 7.33. The highest BCUT2D eigenvalue weighted by Crippen LogP contribution is 2.37. The number of rotatable bonds is 3. The fraction of sp³-hybridized carbons (Fsp3) is 0.500. The molecule has 1 aliphatic rings. The van der Waals surface area contributed by atoms with Gasteiger partial charge in [0, 0.05) is 23.7 Å². The maximum Gasteiger partial charge on any atom is 0.0504 e. The van der Waals surface area contributed by atoms with Crippen molar-refractivity contribution in [1.82, 2.24) is 0 Å². The van der Waals surface area contributed by atoms with Crippen molar-refractivity contribution in [3.05, 3.63) is 24.3 Å². The molecule has 0 saturated heterocycles. The minimum atomic E-state index is 0.647. The Kier molecular flexibility index (Phi) is 3.54. The zero-order valence-electron chi connectivity index (χ0n) is 9.15. The molecule has 1 atom stereocenters. The van der Waals surface area contributed by atoms with Gasteiger partial charge in [0.15, 0.2) is 0 Å². The van der Waals surface area contributed by atoms with Gasteiger partial charge in [0.1, 0.15) is 0 Å². The second-order valence-electron chi connectivity index (χ2n) is 3.97. The van der Waals surface area contributed by atoms with Crippen LogP contribution in [0.2, 0.25) is 0 Å². The van der Waals surface area contributed by atoms with E-state index in [1.54, 1.807) is 0 Å². The topological polar surface area (TPSA) is 29.3 Å². The molecule has 1 aromatic carbocycles. The summed E-state index contributed by atoms with van der Waals surface area (Å²) in [5.41, 5.74) is 6.93. The number of fused-ring (bicyclic) bond motifs is 1. The summed E-state index contributed by atoms with van der Waals surface area (Å²) < 4.78 is 0. The Morgan fingerprint density at radius 1 is 1.47 bits per heavy atom. The number of anilines is 1. The van der Waals surface area contributed by atoms with E-state index in [1.807, 2.05) is 11.8 Å². The van der Waals surface area contributed by atoms with Crippen LogP contribution in [0.3, 0.4) is 0 Å². The Bertz CT molecular complexity index is 327. The van der Waals surface area contributed by atoms with E-state index in [4.69, 9.17) is 5.73 Å². The molecule has 1 unspecified atom stereocenters. The predicted molar refractivity (Wildman–Crippen MR) is 67.6 cm³/mol. The molecule has 2 N–H and O–H groups in total. The van der Waals surface area contributed by atoms with Crippen LogP contribution in [0.1, 0.15) is 12.8 Å². The Morgan fingerprint density at radius 3 is 3.07 bits per heavy atom. The van der Waals surface area contributed by atoms with E-state index in [9.17, 15) is 0 Å². The van der Waals surface area contributed by atoms with Crippen molar-refractivity contribution in [2.75, 3.05) is 24.2 Å². The maximum absolute atomic E-state index is 5.56. The first kappa shape index (κ1) is 10.8. The van der Waals surface area contributed by atoms with Gasteiger partial charge >= 0.3 is 0 Å². The molecule has 3 heteroatoms. The summed E-state index contributed by atoms with van der Waals surface area (Å²) in [6.07, 6.45) is 2.33. The van der Waals surface area contributed by atoms with E-state index < -0.39 is 0 Å². The summed E-state index contributed by atoms with van der Waals surface area (Å²) in [6, 6.07) is 9.28. The van der Waals surface area contributed by atoms with Gasteiger partial charge in [-0.3, -0.25) is 0 Å². The summed E-state index contributed by atoms with van der Waals surface area (Å²) in [5, 5.41) is 0. The van der Waals surface area contributed by atoms with Crippen molar-refractivity contribution in [3.8, 4) is 0 Å². The molecule has 0 bridgehead atoms. The molecule has 2 rings (SSSR count). The standard InChI is InChI=1S/C12H18N2S/c1-14-10(5-4-8-13)9-15-12-7-3-2-6-11(12)14/h2-3,6-7,10H,4-5,8-9,13H2,1H3. The van der Waals surface area contributed by atoms with Crippen molar-refractivity contribution < 1.29 is 0 Å². The van der Waals surface area contributed by atoms with Gasteiger partial charge in [0.25, 0.3) is 0 Å². The lowest BCUT2D eigenvalue weighted by atomic mass is 10.1. The number of hydrogen-bond acceptors (Lipinski definition) is 3. The van der Waals surface area contributed by atoms with Crippen LogP contribution in [0.15, 0.2) is 29.2 Å². The largest absolute Gasteiger partial charge is 0.370 e. The lowest BCUT2D eigenvalue weighted by Gasteiger charge is -2.35. The van der Waals surface area contributed by atoms with E-state index in [1.165, 1.54) is 22.8 Å². The van der Waals surface area contributed by atoms with Gasteiger partial charge in [-0.05, 0) is 31.5 Å². The smallest absolute Gasteiger partial charge is 0.0504 e. The van der Waals surface area contributed by atoms with Crippen LogP contribution in [-0.4, -0.2) is 25.4 Å². The normalized spacial score (nSPS) is 20.1. The Labute approximate surface area is 95.8 Å². The monoisotopic (exact) mass is 222 g/mol. The van der Waals surface area contributed by atoms with Crippen LogP contribution in [-0.2, 0) is 0 Å². The van der Waals surface area contributed by atoms with Crippen molar-refractivity contribution in [1.29, 1.82) is 0 Å². The van der Waals surface area contributed by atoms with Crippen molar-refractivity contribution in [3.63, 3.8) is 0 Å². The van der Waals surface area contributed by atoms with Crippen LogP contribution in [0.5, 0.6) is 0 Å². The molecule has 0 saturated carbocycles. The summed E-state index contributed by atoms with van der Waals surface area (Å²) in [4.78, 5) is 3.81. The second kappa shape index (κ2) is 4.90. The van der Waals surface area contributed by atoms with E-state index in [0.717, 1.165) is 13.0 Å². The van der Waals surface area contributed by atoms with Gasteiger partial charge in [-0.1, -0.05) is 12.1 Å². The Morgan fingerprint density at radius 2 is 2.27 bits per heavy atom. The molecule has 0 spiro atoms. The molecule has 1 aliphatic heterocycles. The van der Waals surface area contributed by atoms with Crippen LogP contribution < -0.4 is 10.6 Å². The van der Waals surface area contributed by atoms with Gasteiger partial charge < -0.3 is 10.6 Å². The molecule has 1 aromatic rings. The summed E-state index contributed by atoms with van der Waals surface area (Å²) in [7, 11) is 2.19. The highest BCUT2D eigenvalue weighted by atomic mass is 32.2. The lowest BCUT2D eigenvalue weighted by molar-refractivity contribution is 0.599. The van der Waals surface area contributed by atoms with Crippen LogP contribution in [0, 0.1) is 0 Å². The molecule has 82 valence electrons. The average Bonchev–Trinajstić information content (AvgIpc) is 2.29. The quantitative estimate of drug-likeness (QED) is 0.851. The van der Waals surface area contributed by atoms with Crippen molar-refractivity contribution in [2.45, 2.75) is 23.8 Å². The zero-order chi connectivity index (χ0) is 10.7. The summed E-state index contributed by atoms with van der Waals surface area (Å²) in [5.74, 6) is 1.19. The van der Waals surface area contributed by atoms with Crippen molar-refractivity contribution in [2.24, 2.45) is 5.73 Å². The van der Waals surface area contributed by atoms with Crippen LogP contribution in [0.4, 0.5) is 5.69 Å². The van der Waals surface area contributed by atoms with Gasteiger partial charge in [0.2, 0.25) is 0 Å². The van der Waals surface area contributed by atoms with Gasteiger partial charge in [-0.25, -0.2) is 0 Å². The van der Waals surface area contributed by atoms with E-state index in [2.05, 4.69) is 36.2 Å². The molecule has 2 nitrogen and oxygen atoms in total. The SMILES string of the molecule is CN1c2ccccc2SCC1CCCN. The van der Waals surface area contributed by atoms with Crippen LogP contribution >= 0.6 is 11.8 Å². The minimum Gasteiger partial charge on any atom is -0.370 e. The summed E-state index contributed by atoms with van der Waals surface area (Å²) in [6.45, 7) is 0.802. The van der Waals surface area contributed by atoms with Gasteiger partial charge in [-0.2, -0.15) is 0 Å². The summed E-state index contributed by atoms with van der Waals surface area (Å²) >= 11 is 1.97. The molecule has 0 radical (unpaired) electrons. The van der Waals surface area contributed by atoms with Gasteiger partial charge in [-0.15, -0.1) is 11.8 Å². The van der Waals surface area contributed by atoms with Crippen LogP contribution in [0.25, 0.3) is 0 Å². The highest BCUT2D eigenvalue weighted by Gasteiger charge is 2.22. The number of nitrogens with zero attached hydrogens (tertiary/aromatic N) is 1. The number of hydrogen-bond donors (Lipinski definition) is 1. The first-order valence-corrected chi connectivity index (χ1v) is 6.46. The fourth-order valence-corrected chi connectivity index (χ4v) is 3.29. The molecule has 0 amide bonds. The fourth-order valence-electron chi connectivity index (χ4n) is 2.00. The second-order valence-corrected chi connectivity index (χ2v) is 5.04. The molecule has 0 aromatic heterocycles. The zero-order valence-corrected chi connectivity index (χ0v) is 9.96. The predicted octanol–water partition coefficient (Wildman–Crippen LogP) is 2.34.